The number of carbonyl (C=O) groups is 2. The second-order valence-electron chi connectivity index (χ2n) is 5.81. The summed E-state index contributed by atoms with van der Waals surface area (Å²) < 4.78 is 66.6. The van der Waals surface area contributed by atoms with Crippen molar-refractivity contribution in [2.75, 3.05) is 19.8 Å². The van der Waals surface area contributed by atoms with Gasteiger partial charge in [0, 0.05) is 5.41 Å². The summed E-state index contributed by atoms with van der Waals surface area (Å²) in [5, 5.41) is 1.34. The van der Waals surface area contributed by atoms with Crippen LogP contribution >= 0.6 is 11.8 Å². The number of rotatable bonds is 7. The van der Waals surface area contributed by atoms with Crippen molar-refractivity contribution in [3.63, 3.8) is 0 Å². The molecule has 0 aromatic heterocycles. The number of ether oxygens (including phenoxy) is 5. The Hall–Kier alpha value is -2.82. The van der Waals surface area contributed by atoms with Gasteiger partial charge in [-0.25, -0.2) is 9.59 Å². The fourth-order valence-electron chi connectivity index (χ4n) is 2.69. The van der Waals surface area contributed by atoms with Crippen molar-refractivity contribution in [2.24, 2.45) is 0 Å². The van der Waals surface area contributed by atoms with Gasteiger partial charge in [0.25, 0.3) is 0 Å². The molecule has 1 aliphatic heterocycles. The van der Waals surface area contributed by atoms with Crippen molar-refractivity contribution in [3.8, 4) is 0 Å². The molecule has 1 aliphatic rings. The molecule has 0 amide bonds. The molecule has 1 aromatic rings. The van der Waals surface area contributed by atoms with Crippen LogP contribution < -0.4 is 0 Å². The second-order valence-corrected chi connectivity index (χ2v) is 6.65. The molecular weight excluding hydrogens is 441 g/mol. The van der Waals surface area contributed by atoms with Gasteiger partial charge < -0.3 is 23.7 Å². The van der Waals surface area contributed by atoms with Gasteiger partial charge in [0.05, 0.1) is 25.4 Å². The molecule has 2 rings (SSSR count). The average molecular weight is 462 g/mol. The van der Waals surface area contributed by atoms with Gasteiger partial charge in [0.15, 0.2) is 10.9 Å². The Morgan fingerprint density at radius 1 is 0.968 bits per heavy atom. The zero-order valence-electron chi connectivity index (χ0n) is 17.0. The molecule has 0 fully saturated rings. The van der Waals surface area contributed by atoms with Crippen molar-refractivity contribution in [2.45, 2.75) is 32.9 Å². The molecular formula is C20H21F3O7S. The highest BCUT2D eigenvalue weighted by Gasteiger charge is 2.42. The van der Waals surface area contributed by atoms with Crippen molar-refractivity contribution in [1.29, 1.82) is 0 Å². The van der Waals surface area contributed by atoms with Crippen LogP contribution in [0.4, 0.5) is 22.8 Å². The van der Waals surface area contributed by atoms with Crippen LogP contribution in [0, 0.1) is 0 Å². The minimum absolute atomic E-state index is 0.00468. The monoisotopic (exact) mass is 462 g/mol. The number of halogens is 3. The van der Waals surface area contributed by atoms with Crippen LogP contribution in [0.15, 0.2) is 46.3 Å². The molecule has 0 spiro atoms. The van der Waals surface area contributed by atoms with E-state index in [0.717, 1.165) is 17.8 Å². The van der Waals surface area contributed by atoms with Gasteiger partial charge in [-0.15, -0.1) is 0 Å². The first-order chi connectivity index (χ1) is 14.7. The Balaban J connectivity index is 2.64. The summed E-state index contributed by atoms with van der Waals surface area (Å²) in [6.07, 6.45) is -6.97. The quantitative estimate of drug-likeness (QED) is 0.462. The zero-order chi connectivity index (χ0) is 23.0. The number of alkyl halides is 3. The Morgan fingerprint density at radius 2 is 1.58 bits per heavy atom. The standard InChI is InChI=1S/C20H21F3O7S/c1-4-26-17-16(30-19(25)28-6-3)15(14(11-31-17)29-18(24)27-5-2)12-9-7-8-10-13(12)20(21,22)23/h7-11,15H,4-6H2,1-3H3. The molecule has 0 aliphatic carbocycles. The topological polar surface area (TPSA) is 80.3 Å². The molecule has 11 heteroatoms. The van der Waals surface area contributed by atoms with Crippen LogP contribution in [0.1, 0.15) is 37.8 Å². The highest BCUT2D eigenvalue weighted by atomic mass is 32.2. The van der Waals surface area contributed by atoms with Crippen LogP contribution in [0.5, 0.6) is 0 Å². The molecule has 0 radical (unpaired) electrons. The maximum atomic E-state index is 13.7. The van der Waals surface area contributed by atoms with E-state index >= 15 is 0 Å². The van der Waals surface area contributed by atoms with E-state index in [0.29, 0.717) is 0 Å². The van der Waals surface area contributed by atoms with Crippen molar-refractivity contribution >= 4 is 24.1 Å². The van der Waals surface area contributed by atoms with Crippen LogP contribution in [-0.2, 0) is 29.9 Å². The predicted octanol–water partition coefficient (Wildman–Crippen LogP) is 5.93. The molecule has 0 N–H and O–H groups in total. The fraction of sp³-hybridized carbons (Fsp3) is 0.400. The first-order valence-corrected chi connectivity index (χ1v) is 10.2. The third-order valence-corrected chi connectivity index (χ3v) is 4.68. The molecule has 0 bridgehead atoms. The molecule has 7 nitrogen and oxygen atoms in total. The Kier molecular flexibility index (Phi) is 8.66. The van der Waals surface area contributed by atoms with Crippen molar-refractivity contribution < 1.29 is 46.4 Å². The summed E-state index contributed by atoms with van der Waals surface area (Å²) in [7, 11) is 0. The Morgan fingerprint density at radius 3 is 2.16 bits per heavy atom. The van der Waals surface area contributed by atoms with Gasteiger partial charge >= 0.3 is 18.5 Å². The summed E-state index contributed by atoms with van der Waals surface area (Å²) in [5.74, 6) is -1.93. The smallest absolute Gasteiger partial charge is 0.484 e. The number of hydrogen-bond donors (Lipinski definition) is 0. The lowest BCUT2D eigenvalue weighted by atomic mass is 9.90. The largest absolute Gasteiger partial charge is 0.513 e. The lowest BCUT2D eigenvalue weighted by Gasteiger charge is -2.28. The maximum absolute atomic E-state index is 13.7. The van der Waals surface area contributed by atoms with Gasteiger partial charge in [-0.1, -0.05) is 30.0 Å². The van der Waals surface area contributed by atoms with E-state index < -0.39 is 30.0 Å². The first kappa shape index (κ1) is 24.4. The molecule has 1 heterocycles. The number of thioether (sulfide) groups is 1. The van der Waals surface area contributed by atoms with Gasteiger partial charge in [0.2, 0.25) is 0 Å². The average Bonchev–Trinajstić information content (AvgIpc) is 2.70. The summed E-state index contributed by atoms with van der Waals surface area (Å²) >= 11 is 0.884. The van der Waals surface area contributed by atoms with Crippen molar-refractivity contribution in [3.05, 3.63) is 57.4 Å². The number of benzene rings is 1. The maximum Gasteiger partial charge on any atom is 0.513 e. The fourth-order valence-corrected chi connectivity index (χ4v) is 3.56. The van der Waals surface area contributed by atoms with Crippen LogP contribution in [0.25, 0.3) is 0 Å². The van der Waals surface area contributed by atoms with Crippen LogP contribution in [0.3, 0.4) is 0 Å². The lowest BCUT2D eigenvalue weighted by molar-refractivity contribution is -0.138. The van der Waals surface area contributed by atoms with Crippen LogP contribution in [0.2, 0.25) is 0 Å². The van der Waals surface area contributed by atoms with Gasteiger partial charge in [-0.2, -0.15) is 13.2 Å². The minimum atomic E-state index is -4.73. The van der Waals surface area contributed by atoms with Crippen molar-refractivity contribution in [1.82, 2.24) is 0 Å². The third kappa shape index (κ3) is 6.33. The van der Waals surface area contributed by atoms with Gasteiger partial charge in [0.1, 0.15) is 11.7 Å². The zero-order valence-corrected chi connectivity index (χ0v) is 17.8. The van der Waals surface area contributed by atoms with E-state index in [4.69, 9.17) is 23.7 Å². The Labute approximate surface area is 181 Å². The highest BCUT2D eigenvalue weighted by molar-refractivity contribution is 8.05. The van der Waals surface area contributed by atoms with Gasteiger partial charge in [-0.3, -0.25) is 0 Å². The molecule has 0 saturated heterocycles. The summed E-state index contributed by atoms with van der Waals surface area (Å²) in [6.45, 7) is 4.87. The molecule has 1 unspecified atom stereocenters. The van der Waals surface area contributed by atoms with E-state index in [1.807, 2.05) is 0 Å². The lowest BCUT2D eigenvalue weighted by Crippen LogP contribution is -2.23. The summed E-state index contributed by atoms with van der Waals surface area (Å²) in [5.41, 5.74) is -1.30. The van der Waals surface area contributed by atoms with E-state index in [1.165, 1.54) is 23.6 Å². The van der Waals surface area contributed by atoms with Crippen LogP contribution in [-0.4, -0.2) is 32.1 Å². The Bertz CT molecular complexity index is 865. The number of carbonyl (C=O) groups excluding carboxylic acids is 2. The highest BCUT2D eigenvalue weighted by Crippen LogP contribution is 2.47. The molecule has 31 heavy (non-hydrogen) atoms. The number of hydrogen-bond acceptors (Lipinski definition) is 8. The molecule has 1 aromatic carbocycles. The normalized spacial score (nSPS) is 16.3. The minimum Gasteiger partial charge on any atom is -0.484 e. The second kappa shape index (κ2) is 11.0. The SMILES string of the molecule is CCOC(=O)OC1=CSC(OCC)=C(OC(=O)OCC)C1c1ccccc1C(F)(F)F. The van der Waals surface area contributed by atoms with E-state index in [1.54, 1.807) is 20.8 Å². The molecule has 170 valence electrons. The van der Waals surface area contributed by atoms with Gasteiger partial charge in [-0.05, 0) is 32.4 Å². The molecule has 1 atom stereocenters. The molecule has 0 saturated carbocycles. The van der Waals surface area contributed by atoms with E-state index in [2.05, 4.69) is 0 Å². The summed E-state index contributed by atoms with van der Waals surface area (Å²) in [4.78, 5) is 23.9. The summed E-state index contributed by atoms with van der Waals surface area (Å²) in [6, 6.07) is 4.68. The third-order valence-electron chi connectivity index (χ3n) is 3.80. The predicted molar refractivity (Wildman–Crippen MR) is 105 cm³/mol. The first-order valence-electron chi connectivity index (χ1n) is 9.31. The van der Waals surface area contributed by atoms with E-state index in [-0.39, 0.29) is 42.0 Å². The van der Waals surface area contributed by atoms with E-state index in [9.17, 15) is 22.8 Å².